The van der Waals surface area contributed by atoms with E-state index in [4.69, 9.17) is 0 Å². The van der Waals surface area contributed by atoms with Crippen LogP contribution in [0.25, 0.3) is 0 Å². The van der Waals surface area contributed by atoms with Gasteiger partial charge in [0.25, 0.3) is 0 Å². The van der Waals surface area contributed by atoms with Crippen LogP contribution < -0.4 is 5.19 Å². The molecule has 0 amide bonds. The summed E-state index contributed by atoms with van der Waals surface area (Å²) in [5.74, 6) is 0. The number of hydrogen-bond donors (Lipinski definition) is 2. The Morgan fingerprint density at radius 2 is 1.62 bits per heavy atom. The van der Waals surface area contributed by atoms with Gasteiger partial charge in [-0.2, -0.15) is 0 Å². The van der Waals surface area contributed by atoms with Gasteiger partial charge in [0.15, 0.2) is 9.84 Å². The van der Waals surface area contributed by atoms with Crippen molar-refractivity contribution in [2.75, 3.05) is 6.16 Å². The van der Waals surface area contributed by atoms with E-state index in [0.717, 1.165) is 5.19 Å². The van der Waals surface area contributed by atoms with Crippen molar-refractivity contribution in [2.24, 2.45) is 0 Å². The van der Waals surface area contributed by atoms with Crippen LogP contribution in [-0.4, -0.2) is 32.4 Å². The van der Waals surface area contributed by atoms with E-state index in [0.29, 0.717) is 5.56 Å². The molecule has 2 N–H and O–H groups in total. The zero-order chi connectivity index (χ0) is 19.6. The van der Waals surface area contributed by atoms with Crippen molar-refractivity contribution >= 4 is 30.7 Å². The van der Waals surface area contributed by atoms with Gasteiger partial charge in [-0.1, -0.05) is 67.3 Å². The summed E-state index contributed by atoms with van der Waals surface area (Å²) in [6, 6.07) is 15.5. The van der Waals surface area contributed by atoms with E-state index in [1.54, 1.807) is 24.3 Å². The summed E-state index contributed by atoms with van der Waals surface area (Å²) in [5.41, 5.74) is 0.585. The molecule has 26 heavy (non-hydrogen) atoms. The highest BCUT2D eigenvalue weighted by Crippen LogP contribution is 2.40. The molecule has 0 bridgehead atoms. The molecule has 5 nitrogen and oxygen atoms in total. The van der Waals surface area contributed by atoms with Gasteiger partial charge in [-0.05, 0) is 24.1 Å². The molecular weight excluding hydrogens is 387 g/mol. The summed E-state index contributed by atoms with van der Waals surface area (Å²) in [7, 11) is -9.72. The molecule has 8 heteroatoms. The Morgan fingerprint density at radius 3 is 2.15 bits per heavy atom. The first-order valence-corrected chi connectivity index (χ1v) is 15.2. The van der Waals surface area contributed by atoms with Gasteiger partial charge < -0.3 is 9.79 Å². The first kappa shape index (κ1) is 21.1. The van der Waals surface area contributed by atoms with E-state index >= 15 is 0 Å². The van der Waals surface area contributed by atoms with Crippen LogP contribution in [0, 0.1) is 0 Å². The van der Waals surface area contributed by atoms with Crippen molar-refractivity contribution in [2.45, 2.75) is 36.2 Å². The Hall–Kier alpha value is -1.24. The highest BCUT2D eigenvalue weighted by molar-refractivity contribution is 7.91. The van der Waals surface area contributed by atoms with E-state index in [1.807, 2.05) is 18.2 Å². The second-order valence-corrected chi connectivity index (χ2v) is 16.4. The molecule has 0 fully saturated rings. The molecule has 0 heterocycles. The lowest BCUT2D eigenvalue weighted by atomic mass is 10.1. The average molecular weight is 413 g/mol. The fraction of sp³-hybridized carbons (Fsp3) is 0.333. The average Bonchev–Trinajstić information content (AvgIpc) is 2.54. The van der Waals surface area contributed by atoms with Crippen LogP contribution in [0.2, 0.25) is 19.6 Å². The second-order valence-electron chi connectivity index (χ2n) is 7.40. The maximum absolute atomic E-state index is 13.2. The molecule has 0 aliphatic carbocycles. The molecule has 0 aromatic heterocycles. The number of sulfone groups is 1. The molecule has 2 rings (SSSR count). The molecule has 0 aliphatic rings. The molecule has 0 spiro atoms. The van der Waals surface area contributed by atoms with Crippen molar-refractivity contribution in [3.05, 3.63) is 60.2 Å². The van der Waals surface area contributed by atoms with Crippen molar-refractivity contribution in [3.8, 4) is 0 Å². The Morgan fingerprint density at radius 1 is 1.00 bits per heavy atom. The van der Waals surface area contributed by atoms with Gasteiger partial charge in [-0.15, -0.1) is 0 Å². The molecule has 0 aliphatic heterocycles. The molecule has 142 valence electrons. The summed E-state index contributed by atoms with van der Waals surface area (Å²) in [6.07, 6.45) is -0.600. The molecule has 2 aromatic rings. The van der Waals surface area contributed by atoms with E-state index in [2.05, 4.69) is 19.6 Å². The minimum atomic E-state index is -4.30. The van der Waals surface area contributed by atoms with Crippen LogP contribution in [0.1, 0.15) is 17.2 Å². The summed E-state index contributed by atoms with van der Waals surface area (Å²) >= 11 is 0. The Balaban J connectivity index is 2.54. The van der Waals surface area contributed by atoms with Gasteiger partial charge >= 0.3 is 7.60 Å². The van der Waals surface area contributed by atoms with Gasteiger partial charge in [0.1, 0.15) is 0 Å². The number of rotatable bonds is 7. The van der Waals surface area contributed by atoms with Gasteiger partial charge in [0, 0.05) is 0 Å². The summed E-state index contributed by atoms with van der Waals surface area (Å²) in [4.78, 5) is 18.7. The van der Waals surface area contributed by atoms with Gasteiger partial charge in [-0.25, -0.2) is 8.42 Å². The molecule has 0 saturated carbocycles. The number of benzene rings is 2. The standard InChI is InChI=1S/C18H25O5PSSi/c1-26(2,3)17-11-7-8-15(14-17)18(12-13-24(19,20)21)25(22,23)16-9-5-4-6-10-16/h4-11,14,18H,12-13H2,1-3H3,(H2,19,20,21). The Bertz CT molecular complexity index is 901. The maximum atomic E-state index is 13.2. The zero-order valence-corrected chi connectivity index (χ0v) is 17.9. The fourth-order valence-electron chi connectivity index (χ4n) is 2.77. The monoisotopic (exact) mass is 412 g/mol. The minimum absolute atomic E-state index is 0.128. The fourth-order valence-corrected chi connectivity index (χ4v) is 6.53. The van der Waals surface area contributed by atoms with Crippen molar-refractivity contribution in [1.82, 2.24) is 0 Å². The molecular formula is C18H25O5PSSi. The van der Waals surface area contributed by atoms with Gasteiger partial charge in [0.05, 0.1) is 24.4 Å². The SMILES string of the molecule is C[Si](C)(C)c1cccc(C(CCP(=O)(O)O)S(=O)(=O)c2ccccc2)c1. The molecule has 2 aromatic carbocycles. The van der Waals surface area contributed by atoms with Crippen LogP contribution in [0.4, 0.5) is 0 Å². The lowest BCUT2D eigenvalue weighted by molar-refractivity contribution is 0.371. The lowest BCUT2D eigenvalue weighted by Crippen LogP contribution is -2.37. The normalized spacial score (nSPS) is 14.2. The largest absolute Gasteiger partial charge is 0.325 e. The highest BCUT2D eigenvalue weighted by atomic mass is 32.2. The second kappa shape index (κ2) is 7.78. The van der Waals surface area contributed by atoms with Crippen LogP contribution in [0.3, 0.4) is 0 Å². The molecule has 1 atom stereocenters. The van der Waals surface area contributed by atoms with E-state index in [9.17, 15) is 22.8 Å². The van der Waals surface area contributed by atoms with Gasteiger partial charge in [0.2, 0.25) is 0 Å². The summed E-state index contributed by atoms with van der Waals surface area (Å²) in [5, 5.41) is 0.119. The van der Waals surface area contributed by atoms with Crippen LogP contribution in [0.15, 0.2) is 59.5 Å². The van der Waals surface area contributed by atoms with Crippen molar-refractivity contribution in [1.29, 1.82) is 0 Å². The van der Waals surface area contributed by atoms with Crippen molar-refractivity contribution < 1.29 is 22.8 Å². The topological polar surface area (TPSA) is 91.7 Å². The van der Waals surface area contributed by atoms with Gasteiger partial charge in [-0.3, -0.25) is 4.57 Å². The summed E-state index contributed by atoms with van der Waals surface area (Å²) < 4.78 is 37.7. The number of hydrogen-bond acceptors (Lipinski definition) is 3. The Labute approximate surface area is 156 Å². The lowest BCUT2D eigenvalue weighted by Gasteiger charge is -2.22. The smallest absolute Gasteiger partial charge is 0.324 e. The Kier molecular flexibility index (Phi) is 6.31. The zero-order valence-electron chi connectivity index (χ0n) is 15.2. The van der Waals surface area contributed by atoms with E-state index < -0.39 is 36.9 Å². The van der Waals surface area contributed by atoms with Crippen LogP contribution >= 0.6 is 7.60 Å². The third-order valence-electron chi connectivity index (χ3n) is 4.25. The quantitative estimate of drug-likeness (QED) is 0.538. The molecule has 0 saturated heterocycles. The summed E-state index contributed by atoms with van der Waals surface area (Å²) in [6.45, 7) is 6.51. The van der Waals surface area contributed by atoms with Crippen molar-refractivity contribution in [3.63, 3.8) is 0 Å². The van der Waals surface area contributed by atoms with Crippen LogP contribution in [0.5, 0.6) is 0 Å². The third-order valence-corrected chi connectivity index (χ3v) is 9.32. The maximum Gasteiger partial charge on any atom is 0.325 e. The third kappa shape index (κ3) is 5.38. The molecule has 0 radical (unpaired) electrons. The molecule has 1 unspecified atom stereocenters. The highest BCUT2D eigenvalue weighted by Gasteiger charge is 2.32. The van der Waals surface area contributed by atoms with E-state index in [1.165, 1.54) is 12.1 Å². The van der Waals surface area contributed by atoms with Crippen LogP contribution in [-0.2, 0) is 14.4 Å². The van der Waals surface area contributed by atoms with E-state index in [-0.39, 0.29) is 11.3 Å². The first-order valence-electron chi connectivity index (χ1n) is 8.35. The predicted molar refractivity (Wildman–Crippen MR) is 107 cm³/mol. The predicted octanol–water partition coefficient (Wildman–Crippen LogP) is 3.31. The minimum Gasteiger partial charge on any atom is -0.324 e. The first-order chi connectivity index (χ1) is 11.9.